The summed E-state index contributed by atoms with van der Waals surface area (Å²) in [7, 11) is 0. The average molecular weight is 274 g/mol. The molecule has 1 N–H and O–H groups in total. The Hall–Kier alpha value is -1.71. The molecule has 3 heteroatoms. The van der Waals surface area contributed by atoms with Crippen molar-refractivity contribution in [3.8, 4) is 0 Å². The normalized spacial score (nSPS) is 12.3. The van der Waals surface area contributed by atoms with Crippen LogP contribution in [0.25, 0.3) is 0 Å². The molecule has 0 amide bonds. The second kappa shape index (κ2) is 7.17. The molecule has 0 aliphatic carbocycles. The molecule has 2 rings (SSSR count). The van der Waals surface area contributed by atoms with Crippen LogP contribution in [-0.4, -0.2) is 11.7 Å². The minimum absolute atomic E-state index is 0.153. The molecule has 0 heterocycles. The Morgan fingerprint density at radius 3 is 2.45 bits per heavy atom. The first-order valence-electron chi connectivity index (χ1n) is 6.78. The summed E-state index contributed by atoms with van der Waals surface area (Å²) in [5.74, 6) is -0.283. The van der Waals surface area contributed by atoms with E-state index in [9.17, 15) is 9.50 Å². The molecule has 1 unspecified atom stereocenters. The number of aliphatic hydroxyl groups excluding tert-OH is 1. The quantitative estimate of drug-likeness (QED) is 0.871. The fourth-order valence-corrected chi connectivity index (χ4v) is 1.97. The number of halogens is 1. The number of aliphatic hydroxyl groups is 1. The van der Waals surface area contributed by atoms with Crippen LogP contribution in [0.1, 0.15) is 29.7 Å². The van der Waals surface area contributed by atoms with Crippen LogP contribution in [0.4, 0.5) is 4.39 Å². The maximum atomic E-state index is 13.4. The summed E-state index contributed by atoms with van der Waals surface area (Å²) in [6.07, 6.45) is 0.285. The molecule has 0 fully saturated rings. The molecular formula is C17H19FO2. The summed E-state index contributed by atoms with van der Waals surface area (Å²) < 4.78 is 18.8. The Bertz CT molecular complexity index is 537. The molecule has 0 aromatic heterocycles. The maximum absolute atomic E-state index is 13.4. The molecular weight excluding hydrogens is 255 g/mol. The Morgan fingerprint density at radius 1 is 1.10 bits per heavy atom. The van der Waals surface area contributed by atoms with Crippen molar-refractivity contribution in [1.82, 2.24) is 0 Å². The van der Waals surface area contributed by atoms with Gasteiger partial charge < -0.3 is 9.84 Å². The van der Waals surface area contributed by atoms with Gasteiger partial charge in [0, 0.05) is 5.56 Å². The van der Waals surface area contributed by atoms with Crippen LogP contribution in [0.15, 0.2) is 48.5 Å². The van der Waals surface area contributed by atoms with Crippen molar-refractivity contribution in [1.29, 1.82) is 0 Å². The van der Waals surface area contributed by atoms with Crippen molar-refractivity contribution in [2.24, 2.45) is 0 Å². The van der Waals surface area contributed by atoms with E-state index >= 15 is 0 Å². The largest absolute Gasteiger partial charge is 0.386 e. The van der Waals surface area contributed by atoms with E-state index in [-0.39, 0.29) is 19.0 Å². The van der Waals surface area contributed by atoms with Gasteiger partial charge >= 0.3 is 0 Å². The van der Waals surface area contributed by atoms with Gasteiger partial charge in [0.1, 0.15) is 11.9 Å². The molecule has 2 aromatic rings. The Kier molecular flexibility index (Phi) is 5.27. The third kappa shape index (κ3) is 3.89. The van der Waals surface area contributed by atoms with E-state index in [0.717, 1.165) is 12.0 Å². The van der Waals surface area contributed by atoms with Crippen molar-refractivity contribution >= 4 is 0 Å². The summed E-state index contributed by atoms with van der Waals surface area (Å²) in [4.78, 5) is 0. The Balaban J connectivity index is 1.85. The van der Waals surface area contributed by atoms with Crippen LogP contribution in [0.5, 0.6) is 0 Å². The molecule has 0 spiro atoms. The lowest BCUT2D eigenvalue weighted by atomic mass is 10.1. The summed E-state index contributed by atoms with van der Waals surface area (Å²) in [5, 5.41) is 10.0. The number of aryl methyl sites for hydroxylation is 1. The number of rotatable bonds is 6. The van der Waals surface area contributed by atoms with Gasteiger partial charge in [-0.3, -0.25) is 0 Å². The molecule has 0 saturated heterocycles. The highest BCUT2D eigenvalue weighted by atomic mass is 19.1. The van der Waals surface area contributed by atoms with Crippen molar-refractivity contribution in [2.75, 3.05) is 6.61 Å². The van der Waals surface area contributed by atoms with Crippen molar-refractivity contribution in [3.05, 3.63) is 71.0 Å². The summed E-state index contributed by atoms with van der Waals surface area (Å²) in [6, 6.07) is 14.3. The summed E-state index contributed by atoms with van der Waals surface area (Å²) in [5.41, 5.74) is 2.55. The predicted octanol–water partition coefficient (Wildman–Crippen LogP) is 3.64. The highest BCUT2D eigenvalue weighted by Gasteiger charge is 2.08. The molecule has 2 nitrogen and oxygen atoms in total. The summed E-state index contributed by atoms with van der Waals surface area (Å²) in [6.45, 7) is 2.40. The smallest absolute Gasteiger partial charge is 0.128 e. The predicted molar refractivity (Wildman–Crippen MR) is 76.8 cm³/mol. The molecule has 20 heavy (non-hydrogen) atoms. The number of ether oxygens (including phenoxy) is 1. The molecule has 0 aliphatic rings. The molecule has 2 aromatic carbocycles. The zero-order valence-corrected chi connectivity index (χ0v) is 11.6. The van der Waals surface area contributed by atoms with E-state index in [1.165, 1.54) is 11.6 Å². The first-order valence-corrected chi connectivity index (χ1v) is 6.78. The topological polar surface area (TPSA) is 29.5 Å². The SMILES string of the molecule is CCc1ccc(C(O)COCc2ccccc2F)cc1. The van der Waals surface area contributed by atoms with E-state index in [1.54, 1.807) is 18.2 Å². The number of benzene rings is 2. The first-order chi connectivity index (χ1) is 9.70. The van der Waals surface area contributed by atoms with Gasteiger partial charge in [-0.1, -0.05) is 49.4 Å². The second-order valence-corrected chi connectivity index (χ2v) is 4.72. The molecule has 1 atom stereocenters. The van der Waals surface area contributed by atoms with Gasteiger partial charge in [0.25, 0.3) is 0 Å². The van der Waals surface area contributed by atoms with E-state index in [0.29, 0.717) is 5.56 Å². The molecule has 0 bridgehead atoms. The first kappa shape index (κ1) is 14.7. The van der Waals surface area contributed by atoms with Crippen molar-refractivity contribution < 1.29 is 14.2 Å². The highest BCUT2D eigenvalue weighted by molar-refractivity contribution is 5.24. The van der Waals surface area contributed by atoms with E-state index in [1.807, 2.05) is 24.3 Å². The van der Waals surface area contributed by atoms with Crippen LogP contribution in [0, 0.1) is 5.82 Å². The minimum atomic E-state index is -0.687. The monoisotopic (exact) mass is 274 g/mol. The molecule has 0 radical (unpaired) electrons. The van der Waals surface area contributed by atoms with Gasteiger partial charge in [0.15, 0.2) is 0 Å². The lowest BCUT2D eigenvalue weighted by Gasteiger charge is -2.12. The fraction of sp³-hybridized carbons (Fsp3) is 0.294. The van der Waals surface area contributed by atoms with Crippen LogP contribution >= 0.6 is 0 Å². The fourth-order valence-electron chi connectivity index (χ4n) is 1.97. The van der Waals surface area contributed by atoms with E-state index in [2.05, 4.69) is 6.92 Å². The maximum Gasteiger partial charge on any atom is 0.128 e. The van der Waals surface area contributed by atoms with E-state index < -0.39 is 6.10 Å². The standard InChI is InChI=1S/C17H19FO2/c1-2-13-7-9-14(10-8-13)17(19)12-20-11-15-5-3-4-6-16(15)18/h3-10,17,19H,2,11-12H2,1H3. The van der Waals surface area contributed by atoms with Crippen molar-refractivity contribution in [3.63, 3.8) is 0 Å². The summed E-state index contributed by atoms with van der Waals surface area (Å²) >= 11 is 0. The van der Waals surface area contributed by atoms with Crippen molar-refractivity contribution in [2.45, 2.75) is 26.1 Å². The van der Waals surface area contributed by atoms with Gasteiger partial charge in [-0.15, -0.1) is 0 Å². The van der Waals surface area contributed by atoms with Gasteiger partial charge in [-0.25, -0.2) is 4.39 Å². The molecule has 0 saturated carbocycles. The average Bonchev–Trinajstić information content (AvgIpc) is 2.49. The number of hydrogen-bond donors (Lipinski definition) is 1. The zero-order valence-electron chi connectivity index (χ0n) is 11.6. The van der Waals surface area contributed by atoms with Crippen LogP contribution < -0.4 is 0 Å². The molecule has 0 aliphatic heterocycles. The third-order valence-corrected chi connectivity index (χ3v) is 3.26. The highest BCUT2D eigenvalue weighted by Crippen LogP contribution is 2.16. The van der Waals surface area contributed by atoms with Gasteiger partial charge in [-0.2, -0.15) is 0 Å². The van der Waals surface area contributed by atoms with Crippen LogP contribution in [-0.2, 0) is 17.8 Å². The van der Waals surface area contributed by atoms with Gasteiger partial charge in [0.05, 0.1) is 13.2 Å². The lowest BCUT2D eigenvalue weighted by Crippen LogP contribution is -2.08. The Morgan fingerprint density at radius 2 is 1.80 bits per heavy atom. The van der Waals surface area contributed by atoms with Crippen LogP contribution in [0.2, 0.25) is 0 Å². The van der Waals surface area contributed by atoms with Gasteiger partial charge in [-0.05, 0) is 23.6 Å². The van der Waals surface area contributed by atoms with Crippen LogP contribution in [0.3, 0.4) is 0 Å². The third-order valence-electron chi connectivity index (χ3n) is 3.26. The minimum Gasteiger partial charge on any atom is -0.386 e. The van der Waals surface area contributed by atoms with Gasteiger partial charge in [0.2, 0.25) is 0 Å². The lowest BCUT2D eigenvalue weighted by molar-refractivity contribution is 0.0267. The second-order valence-electron chi connectivity index (χ2n) is 4.72. The molecule has 106 valence electrons. The Labute approximate surface area is 118 Å². The zero-order chi connectivity index (χ0) is 14.4. The number of hydrogen-bond acceptors (Lipinski definition) is 2. The van der Waals surface area contributed by atoms with E-state index in [4.69, 9.17) is 4.74 Å².